The Bertz CT molecular complexity index is 661. The number of aromatic nitrogens is 2. The standard InChI is InChI=1S/C16H17F3N2/c1-9(2)14-8-12(16(4,18)19)15(21-20-14)11-6-5-10(3)13(17)7-11/h5-9H,1-4H3. The van der Waals surface area contributed by atoms with Gasteiger partial charge in [-0.1, -0.05) is 26.0 Å². The molecule has 2 nitrogen and oxygen atoms in total. The molecule has 0 atom stereocenters. The zero-order chi connectivity index (χ0) is 15.8. The molecule has 1 aromatic carbocycles. The second-order valence-corrected chi connectivity index (χ2v) is 5.54. The van der Waals surface area contributed by atoms with Crippen molar-refractivity contribution in [2.45, 2.75) is 39.5 Å². The summed E-state index contributed by atoms with van der Waals surface area (Å²) in [5.41, 5.74) is 1.03. The highest BCUT2D eigenvalue weighted by atomic mass is 19.3. The average molecular weight is 294 g/mol. The summed E-state index contributed by atoms with van der Waals surface area (Å²) < 4.78 is 41.4. The van der Waals surface area contributed by atoms with Gasteiger partial charge in [-0.25, -0.2) is 13.2 Å². The summed E-state index contributed by atoms with van der Waals surface area (Å²) in [6.45, 7) is 6.13. The van der Waals surface area contributed by atoms with Gasteiger partial charge < -0.3 is 0 Å². The van der Waals surface area contributed by atoms with Crippen LogP contribution in [-0.2, 0) is 5.92 Å². The van der Waals surface area contributed by atoms with Gasteiger partial charge in [0.25, 0.3) is 5.92 Å². The molecule has 5 heteroatoms. The summed E-state index contributed by atoms with van der Waals surface area (Å²) in [5, 5.41) is 7.89. The van der Waals surface area contributed by atoms with Gasteiger partial charge in [0.05, 0.1) is 11.3 Å². The lowest BCUT2D eigenvalue weighted by molar-refractivity contribution is 0.0175. The second-order valence-electron chi connectivity index (χ2n) is 5.54. The lowest BCUT2D eigenvalue weighted by Gasteiger charge is -2.17. The SMILES string of the molecule is Cc1ccc(-c2nnc(C(C)C)cc2C(C)(F)F)cc1F. The van der Waals surface area contributed by atoms with Crippen molar-refractivity contribution >= 4 is 0 Å². The Morgan fingerprint density at radius 3 is 2.29 bits per heavy atom. The van der Waals surface area contributed by atoms with Crippen LogP contribution in [0.5, 0.6) is 0 Å². The van der Waals surface area contributed by atoms with Crippen molar-refractivity contribution in [2.75, 3.05) is 0 Å². The zero-order valence-electron chi connectivity index (χ0n) is 12.4. The maximum Gasteiger partial charge on any atom is 0.272 e. The van der Waals surface area contributed by atoms with E-state index in [-0.39, 0.29) is 17.2 Å². The highest BCUT2D eigenvalue weighted by molar-refractivity contribution is 5.64. The van der Waals surface area contributed by atoms with Crippen LogP contribution >= 0.6 is 0 Å². The topological polar surface area (TPSA) is 25.8 Å². The summed E-state index contributed by atoms with van der Waals surface area (Å²) in [6, 6.07) is 5.68. The third-order valence-electron chi connectivity index (χ3n) is 3.32. The highest BCUT2D eigenvalue weighted by Crippen LogP contribution is 2.35. The Hall–Kier alpha value is -1.91. The van der Waals surface area contributed by atoms with Crippen molar-refractivity contribution in [3.8, 4) is 11.3 Å². The molecule has 2 aromatic rings. The summed E-state index contributed by atoms with van der Waals surface area (Å²) in [4.78, 5) is 0. The number of nitrogens with zero attached hydrogens (tertiary/aromatic N) is 2. The molecule has 0 amide bonds. The smallest absolute Gasteiger partial charge is 0.207 e. The first-order chi connectivity index (χ1) is 9.70. The van der Waals surface area contributed by atoms with Crippen LogP contribution in [0.1, 0.15) is 43.5 Å². The van der Waals surface area contributed by atoms with E-state index < -0.39 is 11.7 Å². The molecule has 0 saturated heterocycles. The molecule has 0 unspecified atom stereocenters. The first kappa shape index (κ1) is 15.5. The van der Waals surface area contributed by atoms with Gasteiger partial charge in [0.15, 0.2) is 0 Å². The maximum atomic E-state index is 13.9. The number of hydrogen-bond donors (Lipinski definition) is 0. The monoisotopic (exact) mass is 294 g/mol. The molecule has 1 aromatic heterocycles. The van der Waals surface area contributed by atoms with E-state index in [0.29, 0.717) is 16.8 Å². The molecule has 112 valence electrons. The van der Waals surface area contributed by atoms with E-state index in [0.717, 1.165) is 6.92 Å². The highest BCUT2D eigenvalue weighted by Gasteiger charge is 2.30. The maximum absolute atomic E-state index is 13.9. The molecule has 2 rings (SSSR count). The third-order valence-corrected chi connectivity index (χ3v) is 3.32. The van der Waals surface area contributed by atoms with Crippen LogP contribution in [0, 0.1) is 12.7 Å². The third kappa shape index (κ3) is 3.23. The van der Waals surface area contributed by atoms with E-state index in [9.17, 15) is 13.2 Å². The molecule has 0 fully saturated rings. The minimum atomic E-state index is -3.07. The molecule has 0 bridgehead atoms. The van der Waals surface area contributed by atoms with Gasteiger partial charge in [0, 0.05) is 12.5 Å². The molecular weight excluding hydrogens is 277 g/mol. The summed E-state index contributed by atoms with van der Waals surface area (Å²) in [7, 11) is 0. The van der Waals surface area contributed by atoms with Gasteiger partial charge in [-0.05, 0) is 30.5 Å². The Kier molecular flexibility index (Phi) is 4.03. The molecule has 1 heterocycles. The molecule has 21 heavy (non-hydrogen) atoms. The predicted octanol–water partition coefficient (Wildman–Crippen LogP) is 4.83. The lowest BCUT2D eigenvalue weighted by Crippen LogP contribution is -2.13. The quantitative estimate of drug-likeness (QED) is 0.810. The van der Waals surface area contributed by atoms with Crippen molar-refractivity contribution in [3.63, 3.8) is 0 Å². The molecule has 0 radical (unpaired) electrons. The van der Waals surface area contributed by atoms with E-state index in [1.165, 1.54) is 12.1 Å². The fraction of sp³-hybridized carbons (Fsp3) is 0.375. The average Bonchev–Trinajstić information content (AvgIpc) is 2.40. The van der Waals surface area contributed by atoms with Crippen LogP contribution < -0.4 is 0 Å². The Labute approximate surface area is 122 Å². The Morgan fingerprint density at radius 2 is 1.76 bits per heavy atom. The fourth-order valence-corrected chi connectivity index (χ4v) is 1.98. The summed E-state index contributed by atoms with van der Waals surface area (Å²) in [6.07, 6.45) is 0. The number of rotatable bonds is 3. The van der Waals surface area contributed by atoms with E-state index in [4.69, 9.17) is 0 Å². The van der Waals surface area contributed by atoms with Crippen LogP contribution in [-0.4, -0.2) is 10.2 Å². The van der Waals surface area contributed by atoms with E-state index >= 15 is 0 Å². The van der Waals surface area contributed by atoms with Crippen LogP contribution in [0.4, 0.5) is 13.2 Å². The molecule has 0 aliphatic carbocycles. The van der Waals surface area contributed by atoms with E-state index in [2.05, 4.69) is 10.2 Å². The van der Waals surface area contributed by atoms with Crippen molar-refractivity contribution < 1.29 is 13.2 Å². The molecule has 0 saturated carbocycles. The van der Waals surface area contributed by atoms with Crippen LogP contribution in [0.3, 0.4) is 0 Å². The molecule has 0 aliphatic rings. The van der Waals surface area contributed by atoms with Crippen molar-refractivity contribution in [2.24, 2.45) is 0 Å². The molecular formula is C16H17F3N2. The van der Waals surface area contributed by atoms with Gasteiger partial charge in [0.2, 0.25) is 0 Å². The Morgan fingerprint density at radius 1 is 1.10 bits per heavy atom. The largest absolute Gasteiger partial charge is 0.272 e. The lowest BCUT2D eigenvalue weighted by atomic mass is 9.98. The van der Waals surface area contributed by atoms with Crippen LogP contribution in [0.25, 0.3) is 11.3 Å². The van der Waals surface area contributed by atoms with E-state index in [1.54, 1.807) is 19.1 Å². The molecule has 0 spiro atoms. The normalized spacial score (nSPS) is 12.0. The van der Waals surface area contributed by atoms with Crippen LogP contribution in [0.2, 0.25) is 0 Å². The fourth-order valence-electron chi connectivity index (χ4n) is 1.98. The van der Waals surface area contributed by atoms with Gasteiger partial charge in [0.1, 0.15) is 11.5 Å². The minimum Gasteiger partial charge on any atom is -0.207 e. The predicted molar refractivity (Wildman–Crippen MR) is 75.8 cm³/mol. The number of hydrogen-bond acceptors (Lipinski definition) is 2. The van der Waals surface area contributed by atoms with Crippen LogP contribution in [0.15, 0.2) is 24.3 Å². The Balaban J connectivity index is 2.65. The van der Waals surface area contributed by atoms with Crippen molar-refractivity contribution in [1.29, 1.82) is 0 Å². The van der Waals surface area contributed by atoms with Gasteiger partial charge in [-0.2, -0.15) is 5.10 Å². The first-order valence-corrected chi connectivity index (χ1v) is 6.72. The number of benzene rings is 1. The van der Waals surface area contributed by atoms with Gasteiger partial charge in [-0.15, -0.1) is 5.10 Å². The molecule has 0 aliphatic heterocycles. The van der Waals surface area contributed by atoms with Crippen molar-refractivity contribution in [1.82, 2.24) is 10.2 Å². The van der Waals surface area contributed by atoms with Crippen molar-refractivity contribution in [3.05, 3.63) is 46.9 Å². The van der Waals surface area contributed by atoms with Gasteiger partial charge >= 0.3 is 0 Å². The summed E-state index contributed by atoms with van der Waals surface area (Å²) >= 11 is 0. The molecule has 0 N–H and O–H groups in total. The zero-order valence-corrected chi connectivity index (χ0v) is 12.4. The van der Waals surface area contributed by atoms with Gasteiger partial charge in [-0.3, -0.25) is 0 Å². The number of aryl methyl sites for hydroxylation is 1. The van der Waals surface area contributed by atoms with E-state index in [1.807, 2.05) is 13.8 Å². The number of alkyl halides is 2. The first-order valence-electron chi connectivity index (χ1n) is 6.72. The minimum absolute atomic E-state index is 0.0117. The number of halogens is 3. The second kappa shape index (κ2) is 5.47. The summed E-state index contributed by atoms with van der Waals surface area (Å²) in [5.74, 6) is -3.54.